The minimum atomic E-state index is -0.412. The predicted octanol–water partition coefficient (Wildman–Crippen LogP) is 3.92. The van der Waals surface area contributed by atoms with Crippen molar-refractivity contribution in [3.63, 3.8) is 0 Å². The first-order valence-electron chi connectivity index (χ1n) is 7.97. The number of carbonyl (C=O) groups is 2. The van der Waals surface area contributed by atoms with E-state index >= 15 is 0 Å². The fourth-order valence-electron chi connectivity index (χ4n) is 2.34. The zero-order valence-corrected chi connectivity index (χ0v) is 14.5. The van der Waals surface area contributed by atoms with Gasteiger partial charge in [0.25, 0.3) is 11.8 Å². The number of amides is 2. The Labute approximate surface area is 156 Å². The van der Waals surface area contributed by atoms with Gasteiger partial charge in [0.05, 0.1) is 0 Å². The topological polar surface area (TPSA) is 71.1 Å². The van der Waals surface area contributed by atoms with Gasteiger partial charge >= 0.3 is 0 Å². The van der Waals surface area contributed by atoms with Crippen LogP contribution >= 0.6 is 11.6 Å². The van der Waals surface area contributed by atoms with Gasteiger partial charge in [-0.2, -0.15) is 0 Å². The molecule has 0 aliphatic carbocycles. The zero-order chi connectivity index (χ0) is 18.4. The van der Waals surface area contributed by atoms with Gasteiger partial charge in [-0.05, 0) is 35.9 Å². The van der Waals surface area contributed by atoms with Crippen molar-refractivity contribution in [3.05, 3.63) is 94.8 Å². The van der Waals surface area contributed by atoms with Crippen LogP contribution in [-0.4, -0.2) is 16.8 Å². The highest BCUT2D eigenvalue weighted by molar-refractivity contribution is 6.30. The summed E-state index contributed by atoms with van der Waals surface area (Å²) in [5, 5.41) is 6.05. The lowest BCUT2D eigenvalue weighted by molar-refractivity contribution is 0.0951. The van der Waals surface area contributed by atoms with Crippen LogP contribution in [0.25, 0.3) is 0 Å². The quantitative estimate of drug-likeness (QED) is 0.720. The Hall–Kier alpha value is -3.18. The fourth-order valence-corrected chi connectivity index (χ4v) is 2.53. The molecule has 3 rings (SSSR count). The molecule has 0 unspecified atom stereocenters. The van der Waals surface area contributed by atoms with E-state index < -0.39 is 5.91 Å². The summed E-state index contributed by atoms with van der Waals surface area (Å²) in [5.41, 5.74) is 2.07. The Bertz CT molecular complexity index is 929. The number of rotatable bonds is 5. The minimum absolute atomic E-state index is 0.150. The van der Waals surface area contributed by atoms with Crippen LogP contribution in [0.3, 0.4) is 0 Å². The molecule has 0 aliphatic rings. The molecule has 6 heteroatoms. The second-order valence-electron chi connectivity index (χ2n) is 5.56. The molecule has 0 fully saturated rings. The third-order valence-electron chi connectivity index (χ3n) is 3.63. The Morgan fingerprint density at radius 1 is 0.923 bits per heavy atom. The van der Waals surface area contributed by atoms with Crippen LogP contribution in [0.15, 0.2) is 72.9 Å². The number of halogens is 1. The molecule has 2 aromatic carbocycles. The average molecular weight is 366 g/mol. The number of nitrogens with zero attached hydrogens (tertiary/aromatic N) is 1. The van der Waals surface area contributed by atoms with Gasteiger partial charge in [0.1, 0.15) is 5.69 Å². The highest BCUT2D eigenvalue weighted by atomic mass is 35.5. The van der Waals surface area contributed by atoms with Gasteiger partial charge in [-0.1, -0.05) is 48.0 Å². The molecule has 1 heterocycles. The first-order chi connectivity index (χ1) is 12.6. The Kier molecular flexibility index (Phi) is 5.61. The lowest BCUT2D eigenvalue weighted by atomic mass is 10.2. The van der Waals surface area contributed by atoms with Crippen LogP contribution in [-0.2, 0) is 6.54 Å². The molecule has 0 aliphatic heterocycles. The largest absolute Gasteiger partial charge is 0.348 e. The van der Waals surface area contributed by atoms with Crippen molar-refractivity contribution in [2.75, 3.05) is 5.32 Å². The molecule has 0 spiro atoms. The summed E-state index contributed by atoms with van der Waals surface area (Å²) in [7, 11) is 0. The molecule has 26 heavy (non-hydrogen) atoms. The maximum absolute atomic E-state index is 12.3. The molecule has 2 N–H and O–H groups in total. The standard InChI is InChI=1S/C20H16ClN3O2/c21-16-7-4-8-17(12-16)24-20(26)18-11-15(9-10-22-18)19(25)23-13-14-5-2-1-3-6-14/h1-12H,13H2,(H,23,25)(H,24,26). The number of nitrogens with one attached hydrogen (secondary N) is 2. The summed E-state index contributed by atoms with van der Waals surface area (Å²) in [6.45, 7) is 0.409. The van der Waals surface area contributed by atoms with E-state index in [2.05, 4.69) is 15.6 Å². The molecule has 0 saturated carbocycles. The first kappa shape index (κ1) is 17.6. The lowest BCUT2D eigenvalue weighted by Crippen LogP contribution is -2.23. The number of benzene rings is 2. The summed E-state index contributed by atoms with van der Waals surface area (Å²) < 4.78 is 0. The maximum Gasteiger partial charge on any atom is 0.274 e. The van der Waals surface area contributed by atoms with E-state index in [0.717, 1.165) is 5.56 Å². The monoisotopic (exact) mass is 365 g/mol. The van der Waals surface area contributed by atoms with Gasteiger partial charge in [-0.15, -0.1) is 0 Å². The van der Waals surface area contributed by atoms with Gasteiger partial charge in [-0.25, -0.2) is 0 Å². The van der Waals surface area contributed by atoms with E-state index in [1.165, 1.54) is 12.3 Å². The molecular weight excluding hydrogens is 350 g/mol. The summed E-state index contributed by atoms with van der Waals surface area (Å²) in [4.78, 5) is 28.7. The van der Waals surface area contributed by atoms with Crippen molar-refractivity contribution in [1.29, 1.82) is 0 Å². The van der Waals surface area contributed by atoms with Gasteiger partial charge in [-0.3, -0.25) is 14.6 Å². The van der Waals surface area contributed by atoms with E-state index in [0.29, 0.717) is 22.8 Å². The molecule has 130 valence electrons. The molecule has 3 aromatic rings. The summed E-state index contributed by atoms with van der Waals surface area (Å²) >= 11 is 5.91. The second-order valence-corrected chi connectivity index (χ2v) is 6.00. The van der Waals surface area contributed by atoms with E-state index in [9.17, 15) is 9.59 Å². The number of aromatic nitrogens is 1. The SMILES string of the molecule is O=C(NCc1ccccc1)c1ccnc(C(=O)Nc2cccc(Cl)c2)c1. The Morgan fingerprint density at radius 2 is 1.73 bits per heavy atom. The lowest BCUT2D eigenvalue weighted by Gasteiger charge is -2.08. The Morgan fingerprint density at radius 3 is 2.50 bits per heavy atom. The molecule has 0 radical (unpaired) electrons. The van der Waals surface area contributed by atoms with Crippen LogP contribution in [0, 0.1) is 0 Å². The molecule has 0 atom stereocenters. The molecule has 0 saturated heterocycles. The van der Waals surface area contributed by atoms with Crippen molar-refractivity contribution >= 4 is 29.1 Å². The van der Waals surface area contributed by atoms with E-state index in [4.69, 9.17) is 11.6 Å². The number of carbonyl (C=O) groups excluding carboxylic acids is 2. The van der Waals surface area contributed by atoms with Crippen LogP contribution in [0.2, 0.25) is 5.02 Å². The molecular formula is C20H16ClN3O2. The molecule has 2 amide bonds. The van der Waals surface area contributed by atoms with Crippen LogP contribution in [0.1, 0.15) is 26.4 Å². The maximum atomic E-state index is 12.3. The average Bonchev–Trinajstić information content (AvgIpc) is 2.67. The van der Waals surface area contributed by atoms with Crippen LogP contribution in [0.4, 0.5) is 5.69 Å². The zero-order valence-electron chi connectivity index (χ0n) is 13.8. The van der Waals surface area contributed by atoms with E-state index in [-0.39, 0.29) is 11.6 Å². The van der Waals surface area contributed by atoms with Gasteiger partial charge in [0, 0.05) is 29.0 Å². The minimum Gasteiger partial charge on any atom is -0.348 e. The van der Waals surface area contributed by atoms with Crippen molar-refractivity contribution in [3.8, 4) is 0 Å². The summed E-state index contributed by atoms with van der Waals surface area (Å²) in [5.74, 6) is -0.682. The summed E-state index contributed by atoms with van der Waals surface area (Å²) in [6, 6.07) is 19.4. The van der Waals surface area contributed by atoms with Gasteiger partial charge in [0.2, 0.25) is 0 Å². The molecule has 5 nitrogen and oxygen atoms in total. The number of pyridine rings is 1. The van der Waals surface area contributed by atoms with Crippen molar-refractivity contribution < 1.29 is 9.59 Å². The first-order valence-corrected chi connectivity index (χ1v) is 8.35. The van der Waals surface area contributed by atoms with Crippen LogP contribution in [0.5, 0.6) is 0 Å². The van der Waals surface area contributed by atoms with Crippen molar-refractivity contribution in [1.82, 2.24) is 10.3 Å². The van der Waals surface area contributed by atoms with E-state index in [1.807, 2.05) is 30.3 Å². The number of hydrogen-bond donors (Lipinski definition) is 2. The number of anilines is 1. The highest BCUT2D eigenvalue weighted by Crippen LogP contribution is 2.15. The smallest absolute Gasteiger partial charge is 0.274 e. The Balaban J connectivity index is 1.67. The highest BCUT2D eigenvalue weighted by Gasteiger charge is 2.12. The van der Waals surface area contributed by atoms with Crippen molar-refractivity contribution in [2.45, 2.75) is 6.54 Å². The van der Waals surface area contributed by atoms with E-state index in [1.54, 1.807) is 30.3 Å². The van der Waals surface area contributed by atoms with Crippen molar-refractivity contribution in [2.24, 2.45) is 0 Å². The van der Waals surface area contributed by atoms with Gasteiger partial charge in [0.15, 0.2) is 0 Å². The third-order valence-corrected chi connectivity index (χ3v) is 3.87. The predicted molar refractivity (Wildman–Crippen MR) is 101 cm³/mol. The second kappa shape index (κ2) is 8.27. The van der Waals surface area contributed by atoms with Gasteiger partial charge < -0.3 is 10.6 Å². The normalized spacial score (nSPS) is 10.2. The summed E-state index contributed by atoms with van der Waals surface area (Å²) in [6.07, 6.45) is 1.43. The molecule has 0 bridgehead atoms. The fraction of sp³-hybridized carbons (Fsp3) is 0.0500. The van der Waals surface area contributed by atoms with Crippen LogP contribution < -0.4 is 10.6 Å². The molecule has 1 aromatic heterocycles. The third kappa shape index (κ3) is 4.68. The number of hydrogen-bond acceptors (Lipinski definition) is 3.